The Labute approximate surface area is 249 Å². The zero-order valence-electron chi connectivity index (χ0n) is 26.0. The topological polar surface area (TPSA) is 63.3 Å². The number of anilines is 1. The van der Waals surface area contributed by atoms with Crippen LogP contribution in [0.25, 0.3) is 0 Å². The van der Waals surface area contributed by atoms with E-state index < -0.39 is 38.2 Å². The molecule has 1 aromatic rings. The van der Waals surface area contributed by atoms with E-state index in [-0.39, 0.29) is 24.2 Å². The molecular formula is C30H49F4N3O4Si. The van der Waals surface area contributed by atoms with E-state index in [0.29, 0.717) is 18.0 Å². The molecule has 1 N–H and O–H groups in total. The number of carbonyl (C=O) groups excluding carboxylic acids is 1. The molecule has 2 fully saturated rings. The van der Waals surface area contributed by atoms with Gasteiger partial charge in [-0.15, -0.1) is 0 Å². The van der Waals surface area contributed by atoms with Gasteiger partial charge < -0.3 is 29.0 Å². The van der Waals surface area contributed by atoms with Gasteiger partial charge in [-0.1, -0.05) is 20.8 Å². The van der Waals surface area contributed by atoms with Crippen molar-refractivity contribution >= 4 is 19.9 Å². The van der Waals surface area contributed by atoms with E-state index in [1.54, 1.807) is 11.8 Å². The number of halogens is 4. The number of methoxy groups -OCH3 is 2. The van der Waals surface area contributed by atoms with Gasteiger partial charge in [-0.05, 0) is 87.4 Å². The van der Waals surface area contributed by atoms with Crippen LogP contribution in [0.3, 0.4) is 0 Å². The Balaban J connectivity index is 1.62. The summed E-state index contributed by atoms with van der Waals surface area (Å²) in [5.41, 5.74) is -0.906. The number of rotatable bonds is 16. The number of hydrogen-bond donors (Lipinski definition) is 1. The average molecular weight is 620 g/mol. The van der Waals surface area contributed by atoms with E-state index in [9.17, 15) is 22.4 Å². The normalized spacial score (nSPS) is 19.7. The summed E-state index contributed by atoms with van der Waals surface area (Å²) in [6.45, 7) is 11.8. The van der Waals surface area contributed by atoms with E-state index in [1.165, 1.54) is 27.1 Å². The average Bonchev–Trinajstić information content (AvgIpc) is 3.74. The molecule has 0 bridgehead atoms. The number of ether oxygens (including phenoxy) is 2. The molecule has 12 heteroatoms. The Morgan fingerprint density at radius 3 is 2.31 bits per heavy atom. The third kappa shape index (κ3) is 8.68. The fourth-order valence-corrected chi connectivity index (χ4v) is 9.01. The monoisotopic (exact) mass is 619 g/mol. The largest absolute Gasteiger partial charge is 0.419 e. The highest BCUT2D eigenvalue weighted by atomic mass is 28.4. The first-order valence-corrected chi connectivity index (χ1v) is 17.8. The van der Waals surface area contributed by atoms with Gasteiger partial charge in [0.05, 0.1) is 18.2 Å². The molecular weight excluding hydrogens is 570 g/mol. The van der Waals surface area contributed by atoms with Crippen LogP contribution in [0.2, 0.25) is 18.1 Å². The second-order valence-corrected chi connectivity index (χ2v) is 16.6. The summed E-state index contributed by atoms with van der Waals surface area (Å²) in [6, 6.07) is 5.15. The lowest BCUT2D eigenvalue weighted by Crippen LogP contribution is -2.52. The van der Waals surface area contributed by atoms with Crippen LogP contribution in [0.4, 0.5) is 23.2 Å². The van der Waals surface area contributed by atoms with Crippen LogP contribution in [0.5, 0.6) is 0 Å². The Morgan fingerprint density at radius 2 is 1.79 bits per heavy atom. The summed E-state index contributed by atoms with van der Waals surface area (Å²) < 4.78 is 70.6. The summed E-state index contributed by atoms with van der Waals surface area (Å²) in [6.07, 6.45) is -0.787. The van der Waals surface area contributed by atoms with Gasteiger partial charge in [0.25, 0.3) is 0 Å². The molecule has 1 aliphatic heterocycles. The first-order valence-electron chi connectivity index (χ1n) is 15.2. The molecule has 1 spiro atoms. The zero-order chi connectivity index (χ0) is 31.1. The van der Waals surface area contributed by atoms with Gasteiger partial charge in [-0.3, -0.25) is 4.79 Å². The quantitative estimate of drug-likeness (QED) is 0.132. The molecule has 1 saturated carbocycles. The molecule has 3 rings (SSSR count). The minimum Gasteiger partial charge on any atom is -0.412 e. The fraction of sp³-hybridized carbons (Fsp3) is 0.767. The van der Waals surface area contributed by atoms with Gasteiger partial charge in [0.15, 0.2) is 14.6 Å². The summed E-state index contributed by atoms with van der Waals surface area (Å²) in [7, 11) is 1.27. The zero-order valence-corrected chi connectivity index (χ0v) is 27.0. The van der Waals surface area contributed by atoms with E-state index in [0.717, 1.165) is 62.7 Å². The van der Waals surface area contributed by atoms with Crippen molar-refractivity contribution < 1.29 is 36.3 Å². The molecule has 0 aromatic heterocycles. The smallest absolute Gasteiger partial charge is 0.412 e. The van der Waals surface area contributed by atoms with Crippen molar-refractivity contribution in [2.75, 3.05) is 52.3 Å². The maximum absolute atomic E-state index is 14.1. The fourth-order valence-electron chi connectivity index (χ4n) is 6.08. The predicted molar refractivity (Wildman–Crippen MR) is 158 cm³/mol. The van der Waals surface area contributed by atoms with Gasteiger partial charge in [-0.2, -0.15) is 13.2 Å². The lowest BCUT2D eigenvalue weighted by molar-refractivity contribution is -0.146. The SMILES string of the molecule is CC[Si](CC)(CC)OC1CN(CCCN(CC(OC)OC)C(=O)C(C)Nc2ccc(C(F)(F)F)c(F)c2)CCC12CC2. The van der Waals surface area contributed by atoms with Crippen molar-refractivity contribution in [2.24, 2.45) is 5.41 Å². The molecule has 2 aliphatic rings. The number of benzene rings is 1. The third-order valence-corrected chi connectivity index (χ3v) is 14.0. The molecule has 1 aromatic carbocycles. The lowest BCUT2D eigenvalue weighted by Gasteiger charge is -2.44. The maximum atomic E-state index is 14.1. The van der Waals surface area contributed by atoms with Crippen LogP contribution in [0, 0.1) is 11.2 Å². The van der Waals surface area contributed by atoms with Crippen molar-refractivity contribution in [3.63, 3.8) is 0 Å². The maximum Gasteiger partial charge on any atom is 0.419 e. The molecule has 1 aliphatic carbocycles. The molecule has 0 radical (unpaired) electrons. The first-order chi connectivity index (χ1) is 19.9. The molecule has 42 heavy (non-hydrogen) atoms. The van der Waals surface area contributed by atoms with E-state index >= 15 is 0 Å². The standard InChI is InChI=1S/C30H49F4N3O4Si/c1-7-42(8-2,9-3)41-26-20-36(18-15-29(26)13-14-29)16-10-17-37(21-27(39-5)40-6)28(38)22(4)35-23-11-12-24(25(31)19-23)30(32,33)34/h11-12,19,22,26-27,35H,7-10,13-18,20-21H2,1-6H3. The van der Waals surface area contributed by atoms with Gasteiger partial charge in [0.2, 0.25) is 5.91 Å². The van der Waals surface area contributed by atoms with Crippen molar-refractivity contribution in [3.05, 3.63) is 29.6 Å². The van der Waals surface area contributed by atoms with Crippen molar-refractivity contribution in [2.45, 2.75) is 96.1 Å². The number of alkyl halides is 3. The number of carbonyl (C=O) groups is 1. The summed E-state index contributed by atoms with van der Waals surface area (Å²) in [4.78, 5) is 17.5. The molecule has 7 nitrogen and oxygen atoms in total. The van der Waals surface area contributed by atoms with Gasteiger partial charge in [0, 0.05) is 33.0 Å². The predicted octanol–water partition coefficient (Wildman–Crippen LogP) is 6.36. The van der Waals surface area contributed by atoms with Crippen LogP contribution in [0.15, 0.2) is 18.2 Å². The molecule has 1 amide bonds. The van der Waals surface area contributed by atoms with Crippen LogP contribution in [-0.2, 0) is 24.9 Å². The number of likely N-dealkylation sites (tertiary alicyclic amines) is 1. The van der Waals surface area contributed by atoms with Crippen molar-refractivity contribution in [3.8, 4) is 0 Å². The van der Waals surface area contributed by atoms with Gasteiger partial charge in [-0.25, -0.2) is 4.39 Å². The molecule has 2 unspecified atom stereocenters. The van der Waals surface area contributed by atoms with Crippen LogP contribution in [-0.4, -0.2) is 89.4 Å². The van der Waals surface area contributed by atoms with Crippen LogP contribution in [0.1, 0.15) is 58.9 Å². The Kier molecular flexibility index (Phi) is 12.3. The molecule has 1 saturated heterocycles. The second-order valence-electron chi connectivity index (χ2n) is 11.9. The summed E-state index contributed by atoms with van der Waals surface area (Å²) in [5.74, 6) is -1.67. The third-order valence-electron chi connectivity index (χ3n) is 9.39. The molecule has 240 valence electrons. The van der Waals surface area contributed by atoms with E-state index in [2.05, 4.69) is 31.0 Å². The number of nitrogens with zero attached hydrogens (tertiary/aromatic N) is 2. The van der Waals surface area contributed by atoms with Crippen molar-refractivity contribution in [1.29, 1.82) is 0 Å². The molecule has 1 heterocycles. The van der Waals surface area contributed by atoms with Crippen LogP contribution < -0.4 is 5.32 Å². The number of piperidine rings is 1. The summed E-state index contributed by atoms with van der Waals surface area (Å²) >= 11 is 0. The number of nitrogens with one attached hydrogen (secondary N) is 1. The van der Waals surface area contributed by atoms with E-state index in [1.807, 2.05) is 0 Å². The minimum atomic E-state index is -4.79. The highest BCUT2D eigenvalue weighted by Gasteiger charge is 2.54. The first kappa shape index (κ1) is 34.8. The van der Waals surface area contributed by atoms with Crippen molar-refractivity contribution in [1.82, 2.24) is 9.80 Å². The number of amides is 1. The molecule has 2 atom stereocenters. The van der Waals surface area contributed by atoms with Gasteiger partial charge >= 0.3 is 6.18 Å². The highest BCUT2D eigenvalue weighted by molar-refractivity contribution is 6.73. The Morgan fingerprint density at radius 1 is 1.14 bits per heavy atom. The Bertz CT molecular complexity index is 1010. The Hall–Kier alpha value is -1.73. The highest BCUT2D eigenvalue weighted by Crippen LogP contribution is 2.55. The minimum absolute atomic E-state index is 0.0931. The lowest BCUT2D eigenvalue weighted by atomic mass is 9.90. The van der Waals surface area contributed by atoms with Crippen LogP contribution >= 0.6 is 0 Å². The number of hydrogen-bond acceptors (Lipinski definition) is 6. The van der Waals surface area contributed by atoms with Gasteiger partial charge in [0.1, 0.15) is 11.9 Å². The van der Waals surface area contributed by atoms with E-state index in [4.69, 9.17) is 13.9 Å². The second kappa shape index (κ2) is 14.8. The summed E-state index contributed by atoms with van der Waals surface area (Å²) in [5, 5.41) is 2.85.